The fourth-order valence-electron chi connectivity index (χ4n) is 1.23. The first-order valence-corrected chi connectivity index (χ1v) is 5.18. The maximum absolute atomic E-state index is 5.62. The number of aryl methyl sites for hydroxylation is 1. The molecular weight excluding hydrogens is 232 g/mol. The Hall–Kier alpha value is -2.70. The molecule has 2 aromatic rings. The molecule has 2 rings (SSSR count). The number of aromatic nitrogens is 2. The van der Waals surface area contributed by atoms with Crippen molar-refractivity contribution in [3.8, 4) is 0 Å². The van der Waals surface area contributed by atoms with E-state index in [2.05, 4.69) is 25.1 Å². The molecule has 1 aromatic heterocycles. The minimum Gasteiger partial charge on any atom is -0.380 e. The quantitative estimate of drug-likeness (QED) is 0.468. The number of anilines is 1. The van der Waals surface area contributed by atoms with Crippen molar-refractivity contribution in [2.45, 2.75) is 6.92 Å². The van der Waals surface area contributed by atoms with E-state index < -0.39 is 0 Å². The highest BCUT2D eigenvalue weighted by Crippen LogP contribution is 2.03. The molecule has 1 aromatic carbocycles. The fourth-order valence-corrected chi connectivity index (χ4v) is 1.23. The van der Waals surface area contributed by atoms with Crippen LogP contribution in [0.2, 0.25) is 0 Å². The van der Waals surface area contributed by atoms with Gasteiger partial charge in [-0.2, -0.15) is 5.10 Å². The van der Waals surface area contributed by atoms with Crippen LogP contribution >= 0.6 is 0 Å². The third kappa shape index (κ3) is 2.70. The molecule has 0 bridgehead atoms. The van der Waals surface area contributed by atoms with Crippen LogP contribution < -0.4 is 11.5 Å². The highest BCUT2D eigenvalue weighted by molar-refractivity contribution is 5.99. The third-order valence-electron chi connectivity index (χ3n) is 2.21. The van der Waals surface area contributed by atoms with E-state index in [9.17, 15) is 0 Å². The summed E-state index contributed by atoms with van der Waals surface area (Å²) in [6, 6.07) is 7.81. The summed E-state index contributed by atoms with van der Waals surface area (Å²) in [5.41, 5.74) is 13.4. The number of amidine groups is 1. The van der Waals surface area contributed by atoms with Gasteiger partial charge in [0.05, 0.1) is 6.21 Å². The van der Waals surface area contributed by atoms with E-state index in [1.807, 2.05) is 31.2 Å². The van der Waals surface area contributed by atoms with Crippen molar-refractivity contribution in [1.29, 1.82) is 0 Å². The summed E-state index contributed by atoms with van der Waals surface area (Å²) >= 11 is 0. The zero-order chi connectivity index (χ0) is 13.0. The number of nitrogens with zero attached hydrogens (tertiary/aromatic N) is 4. The predicted octanol–water partition coefficient (Wildman–Crippen LogP) is 0.700. The van der Waals surface area contributed by atoms with E-state index in [0.29, 0.717) is 0 Å². The van der Waals surface area contributed by atoms with Crippen molar-refractivity contribution in [2.24, 2.45) is 15.9 Å². The van der Waals surface area contributed by atoms with E-state index in [0.717, 1.165) is 5.56 Å². The van der Waals surface area contributed by atoms with Crippen LogP contribution in [-0.2, 0) is 0 Å². The van der Waals surface area contributed by atoms with Crippen LogP contribution in [0.25, 0.3) is 0 Å². The largest absolute Gasteiger partial charge is 0.380 e. The van der Waals surface area contributed by atoms with E-state index in [1.54, 1.807) is 6.21 Å². The highest BCUT2D eigenvalue weighted by atomic mass is 16.6. The normalized spacial score (nSPS) is 12.2. The summed E-state index contributed by atoms with van der Waals surface area (Å²) in [6.45, 7) is 2.01. The average molecular weight is 244 g/mol. The lowest BCUT2D eigenvalue weighted by atomic mass is 10.2. The number of benzene rings is 1. The van der Waals surface area contributed by atoms with Gasteiger partial charge < -0.3 is 11.5 Å². The Balaban J connectivity index is 2.11. The second kappa shape index (κ2) is 5.09. The molecule has 0 atom stereocenters. The van der Waals surface area contributed by atoms with Crippen LogP contribution in [0.15, 0.2) is 39.1 Å². The van der Waals surface area contributed by atoms with Crippen molar-refractivity contribution in [3.63, 3.8) is 0 Å². The van der Waals surface area contributed by atoms with Gasteiger partial charge in [-0.15, -0.1) is 5.10 Å². The zero-order valence-corrected chi connectivity index (χ0v) is 9.74. The van der Waals surface area contributed by atoms with Crippen LogP contribution in [-0.4, -0.2) is 22.4 Å². The topological polar surface area (TPSA) is 116 Å². The van der Waals surface area contributed by atoms with Gasteiger partial charge in [0.15, 0.2) is 17.3 Å². The van der Waals surface area contributed by atoms with Gasteiger partial charge in [-0.25, -0.2) is 4.63 Å². The maximum atomic E-state index is 5.62. The summed E-state index contributed by atoms with van der Waals surface area (Å²) in [4.78, 5) is 0. The van der Waals surface area contributed by atoms with Crippen molar-refractivity contribution >= 4 is 17.9 Å². The van der Waals surface area contributed by atoms with Crippen LogP contribution in [0.5, 0.6) is 0 Å². The Morgan fingerprint density at radius 1 is 1.28 bits per heavy atom. The molecule has 0 spiro atoms. The molecule has 0 saturated carbocycles. The molecular formula is C11H12N6O. The van der Waals surface area contributed by atoms with Crippen molar-refractivity contribution in [1.82, 2.24) is 10.3 Å². The van der Waals surface area contributed by atoms with Gasteiger partial charge in [-0.1, -0.05) is 29.8 Å². The second-order valence-electron chi connectivity index (χ2n) is 3.64. The number of hydrogen-bond acceptors (Lipinski definition) is 6. The first-order chi connectivity index (χ1) is 8.66. The molecule has 0 saturated heterocycles. The monoisotopic (exact) mass is 244 g/mol. The minimum atomic E-state index is 0.0529. The lowest BCUT2D eigenvalue weighted by molar-refractivity contribution is 0.308. The van der Waals surface area contributed by atoms with Gasteiger partial charge in [-0.05, 0) is 22.8 Å². The van der Waals surface area contributed by atoms with Gasteiger partial charge in [-0.3, -0.25) is 0 Å². The standard InChI is InChI=1S/C11H12N6O/c1-7-2-4-8(5-3-7)6-14-15-10(12)9-11(13)17-18-16-9/h2-6H,1H3,(H2,12,15)(H2,13,17)/b14-6+. The average Bonchev–Trinajstić information content (AvgIpc) is 2.78. The summed E-state index contributed by atoms with van der Waals surface area (Å²) in [7, 11) is 0. The number of nitrogen functional groups attached to an aromatic ring is 1. The van der Waals surface area contributed by atoms with Crippen LogP contribution in [0.3, 0.4) is 0 Å². The molecule has 18 heavy (non-hydrogen) atoms. The number of hydrogen-bond donors (Lipinski definition) is 2. The molecule has 7 nitrogen and oxygen atoms in total. The van der Waals surface area contributed by atoms with E-state index in [-0.39, 0.29) is 17.3 Å². The lowest BCUT2D eigenvalue weighted by Gasteiger charge is -1.93. The highest BCUT2D eigenvalue weighted by Gasteiger charge is 2.09. The molecule has 92 valence electrons. The van der Waals surface area contributed by atoms with Crippen LogP contribution in [0, 0.1) is 6.92 Å². The summed E-state index contributed by atoms with van der Waals surface area (Å²) in [6.07, 6.45) is 1.58. The Morgan fingerprint density at radius 3 is 2.61 bits per heavy atom. The van der Waals surface area contributed by atoms with Crippen molar-refractivity contribution < 1.29 is 4.63 Å². The molecule has 0 aliphatic rings. The summed E-state index contributed by atoms with van der Waals surface area (Å²) in [5, 5.41) is 14.5. The van der Waals surface area contributed by atoms with E-state index >= 15 is 0 Å². The van der Waals surface area contributed by atoms with Gasteiger partial charge >= 0.3 is 0 Å². The first-order valence-electron chi connectivity index (χ1n) is 5.18. The fraction of sp³-hybridized carbons (Fsp3) is 0.0909. The SMILES string of the molecule is Cc1ccc(/C=N/N=C(\N)c2nonc2N)cc1. The van der Waals surface area contributed by atoms with Crippen molar-refractivity contribution in [2.75, 3.05) is 5.73 Å². The first kappa shape index (κ1) is 11.8. The molecule has 7 heteroatoms. The number of rotatable bonds is 3. The molecule has 0 unspecified atom stereocenters. The van der Waals surface area contributed by atoms with Crippen molar-refractivity contribution in [3.05, 3.63) is 41.1 Å². The van der Waals surface area contributed by atoms with Gasteiger partial charge in [0, 0.05) is 0 Å². The molecule has 0 radical (unpaired) electrons. The van der Waals surface area contributed by atoms with Gasteiger partial charge in [0.2, 0.25) is 0 Å². The smallest absolute Gasteiger partial charge is 0.199 e. The second-order valence-corrected chi connectivity index (χ2v) is 3.64. The Labute approximate surface area is 103 Å². The molecule has 0 aliphatic carbocycles. The van der Waals surface area contributed by atoms with Gasteiger partial charge in [0.25, 0.3) is 0 Å². The summed E-state index contributed by atoms with van der Waals surface area (Å²) in [5.74, 6) is 0.138. The maximum Gasteiger partial charge on any atom is 0.199 e. The van der Waals surface area contributed by atoms with Crippen LogP contribution in [0.1, 0.15) is 16.8 Å². The lowest BCUT2D eigenvalue weighted by Crippen LogP contribution is -2.15. The Kier molecular flexibility index (Phi) is 3.33. The predicted molar refractivity (Wildman–Crippen MR) is 68.2 cm³/mol. The number of nitrogens with two attached hydrogens (primary N) is 2. The molecule has 0 fully saturated rings. The third-order valence-corrected chi connectivity index (χ3v) is 2.21. The van der Waals surface area contributed by atoms with E-state index in [4.69, 9.17) is 11.5 Å². The van der Waals surface area contributed by atoms with E-state index in [1.165, 1.54) is 5.56 Å². The van der Waals surface area contributed by atoms with Gasteiger partial charge in [0.1, 0.15) is 0 Å². The Morgan fingerprint density at radius 2 is 2.00 bits per heavy atom. The molecule has 1 heterocycles. The molecule has 4 N–H and O–H groups in total. The summed E-state index contributed by atoms with van der Waals surface area (Å²) < 4.78 is 4.41. The molecule has 0 aliphatic heterocycles. The zero-order valence-electron chi connectivity index (χ0n) is 9.74. The minimum absolute atomic E-state index is 0.0529. The molecule has 0 amide bonds. The Bertz CT molecular complexity index is 584. The van der Waals surface area contributed by atoms with Crippen LogP contribution in [0.4, 0.5) is 5.82 Å².